The van der Waals surface area contributed by atoms with Crippen molar-refractivity contribution in [3.8, 4) is 0 Å². The van der Waals surface area contributed by atoms with Crippen LogP contribution in [-0.2, 0) is 9.59 Å². The van der Waals surface area contributed by atoms with Crippen LogP contribution in [0.4, 0.5) is 11.4 Å². The number of hydroxylamine groups is 1. The summed E-state index contributed by atoms with van der Waals surface area (Å²) in [6, 6.07) is 16.5. The Morgan fingerprint density at radius 3 is 2.14 bits per heavy atom. The van der Waals surface area contributed by atoms with Gasteiger partial charge in [0.15, 0.2) is 0 Å². The van der Waals surface area contributed by atoms with Gasteiger partial charge < -0.3 is 0 Å². The summed E-state index contributed by atoms with van der Waals surface area (Å²) in [5.74, 6) is -0.733. The number of rotatable bonds is 3. The van der Waals surface area contributed by atoms with Gasteiger partial charge in [0.05, 0.1) is 17.8 Å². The second kappa shape index (κ2) is 5.38. The molecule has 1 heterocycles. The molecule has 1 N–H and O–H groups in total. The lowest BCUT2D eigenvalue weighted by Gasteiger charge is -2.22. The van der Waals surface area contributed by atoms with E-state index in [1.54, 1.807) is 48.5 Å². The van der Waals surface area contributed by atoms with Crippen molar-refractivity contribution in [3.05, 3.63) is 60.7 Å². The van der Waals surface area contributed by atoms with Crippen LogP contribution >= 0.6 is 0 Å². The number of hydrogen-bond acceptors (Lipinski definition) is 4. The SMILES string of the molecule is O=C1C[C@@H](N(O)c2ccccc2)C(=O)N1c1ccccc1. The molecular formula is C16H14N2O3. The van der Waals surface area contributed by atoms with Gasteiger partial charge in [0.25, 0.3) is 5.91 Å². The molecule has 5 nitrogen and oxygen atoms in total. The molecule has 0 radical (unpaired) electrons. The molecule has 1 aliphatic rings. The fourth-order valence-corrected chi connectivity index (χ4v) is 2.42. The highest BCUT2D eigenvalue weighted by molar-refractivity contribution is 6.23. The van der Waals surface area contributed by atoms with Crippen LogP contribution in [0, 0.1) is 0 Å². The van der Waals surface area contributed by atoms with Crippen LogP contribution in [0.15, 0.2) is 60.7 Å². The normalized spacial score (nSPS) is 18.1. The third-order valence-electron chi connectivity index (χ3n) is 3.45. The monoisotopic (exact) mass is 282 g/mol. The van der Waals surface area contributed by atoms with Crippen LogP contribution in [0.25, 0.3) is 0 Å². The molecular weight excluding hydrogens is 268 g/mol. The molecule has 21 heavy (non-hydrogen) atoms. The second-order valence-electron chi connectivity index (χ2n) is 4.80. The predicted molar refractivity (Wildman–Crippen MR) is 78.0 cm³/mol. The van der Waals surface area contributed by atoms with Crippen LogP contribution in [-0.4, -0.2) is 23.1 Å². The predicted octanol–water partition coefficient (Wildman–Crippen LogP) is 2.21. The van der Waals surface area contributed by atoms with Crippen LogP contribution in [0.3, 0.4) is 0 Å². The molecule has 2 amide bonds. The maximum Gasteiger partial charge on any atom is 0.259 e. The first kappa shape index (κ1) is 13.3. The van der Waals surface area contributed by atoms with Crippen molar-refractivity contribution in [1.82, 2.24) is 0 Å². The van der Waals surface area contributed by atoms with E-state index in [-0.39, 0.29) is 12.3 Å². The van der Waals surface area contributed by atoms with Crippen LogP contribution < -0.4 is 9.96 Å². The van der Waals surface area contributed by atoms with Crippen molar-refractivity contribution >= 4 is 23.2 Å². The molecule has 1 fully saturated rings. The lowest BCUT2D eigenvalue weighted by atomic mass is 10.2. The first-order valence-electron chi connectivity index (χ1n) is 6.63. The highest BCUT2D eigenvalue weighted by Crippen LogP contribution is 2.27. The van der Waals surface area contributed by atoms with Crippen molar-refractivity contribution in [2.75, 3.05) is 9.96 Å². The van der Waals surface area contributed by atoms with Gasteiger partial charge in [0, 0.05) is 0 Å². The number of imide groups is 1. The van der Waals surface area contributed by atoms with Gasteiger partial charge in [-0.15, -0.1) is 0 Å². The Labute approximate surface area is 122 Å². The zero-order valence-corrected chi connectivity index (χ0v) is 11.2. The Kier molecular flexibility index (Phi) is 3.41. The van der Waals surface area contributed by atoms with Crippen LogP contribution in [0.2, 0.25) is 0 Å². The van der Waals surface area contributed by atoms with Gasteiger partial charge >= 0.3 is 0 Å². The number of benzene rings is 2. The molecule has 5 heteroatoms. The molecule has 2 aromatic carbocycles. The van der Waals surface area contributed by atoms with E-state index in [0.717, 1.165) is 9.96 Å². The lowest BCUT2D eigenvalue weighted by molar-refractivity contribution is -0.121. The average Bonchev–Trinajstić information content (AvgIpc) is 2.83. The number of nitrogens with zero attached hydrogens (tertiary/aromatic N) is 2. The molecule has 0 bridgehead atoms. The summed E-state index contributed by atoms with van der Waals surface area (Å²) in [5.41, 5.74) is 1.01. The van der Waals surface area contributed by atoms with Gasteiger partial charge in [-0.2, -0.15) is 0 Å². The van der Waals surface area contributed by atoms with E-state index in [0.29, 0.717) is 11.4 Å². The van der Waals surface area contributed by atoms with Gasteiger partial charge in [-0.25, -0.2) is 9.96 Å². The van der Waals surface area contributed by atoms with Crippen LogP contribution in [0.1, 0.15) is 6.42 Å². The number of anilines is 2. The molecule has 106 valence electrons. The molecule has 0 unspecified atom stereocenters. The Morgan fingerprint density at radius 2 is 1.52 bits per heavy atom. The summed E-state index contributed by atoms with van der Waals surface area (Å²) in [7, 11) is 0. The number of para-hydroxylation sites is 2. The van der Waals surface area contributed by atoms with Crippen molar-refractivity contribution in [1.29, 1.82) is 0 Å². The van der Waals surface area contributed by atoms with Gasteiger partial charge in [0.2, 0.25) is 5.91 Å². The summed E-state index contributed by atoms with van der Waals surface area (Å²) < 4.78 is 0. The highest BCUT2D eigenvalue weighted by Gasteiger charge is 2.42. The standard InChI is InChI=1S/C16H14N2O3/c19-15-11-14(18(21)13-9-5-2-6-10-13)16(20)17(15)12-7-3-1-4-8-12/h1-10,14,21H,11H2/t14-/m1/s1. The van der Waals surface area contributed by atoms with Crippen molar-refractivity contribution < 1.29 is 14.8 Å². The summed E-state index contributed by atoms with van der Waals surface area (Å²) in [6.07, 6.45) is -0.0425. The fraction of sp³-hybridized carbons (Fsp3) is 0.125. The maximum absolute atomic E-state index is 12.4. The molecule has 1 saturated heterocycles. The fourth-order valence-electron chi connectivity index (χ4n) is 2.42. The molecule has 1 atom stereocenters. The van der Waals surface area contributed by atoms with Gasteiger partial charge in [0.1, 0.15) is 6.04 Å². The van der Waals surface area contributed by atoms with E-state index in [4.69, 9.17) is 0 Å². The molecule has 1 aliphatic heterocycles. The van der Waals surface area contributed by atoms with E-state index < -0.39 is 11.9 Å². The van der Waals surface area contributed by atoms with Gasteiger partial charge in [-0.3, -0.25) is 14.8 Å². The molecule has 0 spiro atoms. The second-order valence-corrected chi connectivity index (χ2v) is 4.80. The van der Waals surface area contributed by atoms with Gasteiger partial charge in [-0.1, -0.05) is 36.4 Å². The third kappa shape index (κ3) is 2.39. The van der Waals surface area contributed by atoms with E-state index in [9.17, 15) is 14.8 Å². The van der Waals surface area contributed by atoms with Crippen molar-refractivity contribution in [2.24, 2.45) is 0 Å². The van der Waals surface area contributed by atoms with Gasteiger partial charge in [-0.05, 0) is 24.3 Å². The number of carbonyl (C=O) groups excluding carboxylic acids is 2. The summed E-state index contributed by atoms with van der Waals surface area (Å²) in [4.78, 5) is 25.7. The minimum atomic E-state index is -0.889. The molecule has 3 rings (SSSR count). The lowest BCUT2D eigenvalue weighted by Crippen LogP contribution is -2.40. The van der Waals surface area contributed by atoms with Crippen molar-refractivity contribution in [2.45, 2.75) is 12.5 Å². The third-order valence-corrected chi connectivity index (χ3v) is 3.45. The van der Waals surface area contributed by atoms with E-state index in [1.165, 1.54) is 0 Å². The largest absolute Gasteiger partial charge is 0.288 e. The first-order chi connectivity index (χ1) is 10.2. The molecule has 2 aromatic rings. The summed E-state index contributed by atoms with van der Waals surface area (Å²) >= 11 is 0. The minimum Gasteiger partial charge on any atom is -0.288 e. The first-order valence-corrected chi connectivity index (χ1v) is 6.63. The van der Waals surface area contributed by atoms with Crippen molar-refractivity contribution in [3.63, 3.8) is 0 Å². The van der Waals surface area contributed by atoms with E-state index in [2.05, 4.69) is 0 Å². The Bertz CT molecular complexity index is 658. The minimum absolute atomic E-state index is 0.0425. The number of carbonyl (C=O) groups is 2. The topological polar surface area (TPSA) is 60.9 Å². The maximum atomic E-state index is 12.4. The smallest absolute Gasteiger partial charge is 0.259 e. The number of amides is 2. The molecule has 0 aromatic heterocycles. The zero-order chi connectivity index (χ0) is 14.8. The zero-order valence-electron chi connectivity index (χ0n) is 11.2. The van der Waals surface area contributed by atoms with Crippen LogP contribution in [0.5, 0.6) is 0 Å². The Balaban J connectivity index is 1.87. The molecule has 0 saturated carbocycles. The highest BCUT2D eigenvalue weighted by atomic mass is 16.5. The average molecular weight is 282 g/mol. The Morgan fingerprint density at radius 1 is 0.952 bits per heavy atom. The summed E-state index contributed by atoms with van der Waals surface area (Å²) in [6.45, 7) is 0. The molecule has 0 aliphatic carbocycles. The van der Waals surface area contributed by atoms with E-state index in [1.807, 2.05) is 12.1 Å². The quantitative estimate of drug-likeness (QED) is 0.692. The van der Waals surface area contributed by atoms with E-state index >= 15 is 0 Å². The Hall–Kier alpha value is -2.66. The summed E-state index contributed by atoms with van der Waals surface area (Å²) in [5, 5.41) is 11.1. The number of hydrogen-bond donors (Lipinski definition) is 1.